The number of nitrogens with one attached hydrogen (secondary N) is 1. The Balaban J connectivity index is 1.91. The largest absolute Gasteiger partial charge is 0.449 e. The number of ether oxygens (including phenoxy) is 1. The lowest BCUT2D eigenvalue weighted by Gasteiger charge is -2.22. The maximum Gasteiger partial charge on any atom is 0.407 e. The fourth-order valence-electron chi connectivity index (χ4n) is 1.65. The first kappa shape index (κ1) is 9.83. The van der Waals surface area contributed by atoms with Crippen LogP contribution >= 0.6 is 0 Å². The fraction of sp³-hybridized carbons (Fsp3) is 0.364. The maximum atomic E-state index is 10.8. The summed E-state index contributed by atoms with van der Waals surface area (Å²) in [5.74, 6) is 0.353. The molecule has 80 valence electrons. The Kier molecular flexibility index (Phi) is 2.76. The molecule has 0 unspecified atom stereocenters. The highest BCUT2D eigenvalue weighted by atomic mass is 16.6. The minimum absolute atomic E-state index is 0.316. The van der Waals surface area contributed by atoms with E-state index in [2.05, 4.69) is 5.32 Å². The van der Waals surface area contributed by atoms with Gasteiger partial charge in [-0.25, -0.2) is 4.79 Å². The summed E-state index contributed by atoms with van der Waals surface area (Å²) in [7, 11) is 0. The van der Waals surface area contributed by atoms with E-state index in [9.17, 15) is 4.79 Å². The van der Waals surface area contributed by atoms with Crippen LogP contribution in [0.5, 0.6) is 0 Å². The van der Waals surface area contributed by atoms with Crippen molar-refractivity contribution in [1.29, 1.82) is 0 Å². The van der Waals surface area contributed by atoms with Crippen LogP contribution in [0.4, 0.5) is 10.5 Å². The van der Waals surface area contributed by atoms with Crippen LogP contribution < -0.4 is 11.1 Å². The molecule has 15 heavy (non-hydrogen) atoms. The van der Waals surface area contributed by atoms with E-state index in [1.165, 1.54) is 5.56 Å². The van der Waals surface area contributed by atoms with E-state index < -0.39 is 0 Å². The summed E-state index contributed by atoms with van der Waals surface area (Å²) in [6.07, 6.45) is 0.587. The molecule has 1 atom stereocenters. The van der Waals surface area contributed by atoms with Gasteiger partial charge in [-0.15, -0.1) is 0 Å². The molecule has 2 rings (SSSR count). The molecule has 4 nitrogen and oxygen atoms in total. The van der Waals surface area contributed by atoms with Gasteiger partial charge in [0.05, 0.1) is 6.61 Å². The molecule has 1 heterocycles. The quantitative estimate of drug-likeness (QED) is 0.714. The van der Waals surface area contributed by atoms with Gasteiger partial charge in [-0.05, 0) is 24.1 Å². The minimum atomic E-state index is -0.316. The van der Waals surface area contributed by atoms with Crippen molar-refractivity contribution in [3.05, 3.63) is 29.8 Å². The van der Waals surface area contributed by atoms with E-state index in [0.717, 1.165) is 12.1 Å². The highest BCUT2D eigenvalue weighted by Crippen LogP contribution is 2.13. The van der Waals surface area contributed by atoms with Crippen LogP contribution in [0.2, 0.25) is 0 Å². The molecule has 1 aromatic carbocycles. The second-order valence-corrected chi connectivity index (χ2v) is 3.79. The molecule has 1 aliphatic heterocycles. The molecule has 0 spiro atoms. The smallest absolute Gasteiger partial charge is 0.407 e. The van der Waals surface area contributed by atoms with E-state index >= 15 is 0 Å². The van der Waals surface area contributed by atoms with Gasteiger partial charge in [-0.1, -0.05) is 12.1 Å². The SMILES string of the molecule is Nc1ccc(C[C@@H]2CNC(=O)OC2)cc1. The number of alkyl carbamates (subject to hydrolysis) is 1. The molecular weight excluding hydrogens is 192 g/mol. The van der Waals surface area contributed by atoms with Gasteiger partial charge in [-0.3, -0.25) is 0 Å². The number of nitrogen functional groups attached to an aromatic ring is 1. The molecule has 0 aliphatic carbocycles. The standard InChI is InChI=1S/C11H14N2O2/c12-10-3-1-8(2-4-10)5-9-6-13-11(14)15-7-9/h1-4,9H,5-7,12H2,(H,13,14)/t9-/m1/s1. The fourth-order valence-corrected chi connectivity index (χ4v) is 1.65. The van der Waals surface area contributed by atoms with Crippen molar-refractivity contribution in [1.82, 2.24) is 5.32 Å². The first-order valence-corrected chi connectivity index (χ1v) is 4.99. The van der Waals surface area contributed by atoms with Gasteiger partial charge >= 0.3 is 6.09 Å². The van der Waals surface area contributed by atoms with Crippen molar-refractivity contribution in [2.75, 3.05) is 18.9 Å². The Bertz CT molecular complexity index is 338. The number of cyclic esters (lactones) is 1. The molecule has 1 amide bonds. The van der Waals surface area contributed by atoms with Crippen LogP contribution in [0.15, 0.2) is 24.3 Å². The van der Waals surface area contributed by atoms with Crippen molar-refractivity contribution in [3.8, 4) is 0 Å². The van der Waals surface area contributed by atoms with Crippen molar-refractivity contribution in [2.45, 2.75) is 6.42 Å². The Morgan fingerprint density at radius 1 is 1.40 bits per heavy atom. The first-order chi connectivity index (χ1) is 7.24. The summed E-state index contributed by atoms with van der Waals surface area (Å²) in [5.41, 5.74) is 7.58. The minimum Gasteiger partial charge on any atom is -0.449 e. The molecule has 0 saturated carbocycles. The van der Waals surface area contributed by atoms with Crippen molar-refractivity contribution >= 4 is 11.8 Å². The van der Waals surface area contributed by atoms with Gasteiger partial charge in [0.25, 0.3) is 0 Å². The zero-order valence-electron chi connectivity index (χ0n) is 8.40. The molecule has 4 heteroatoms. The van der Waals surface area contributed by atoms with Crippen molar-refractivity contribution in [3.63, 3.8) is 0 Å². The molecule has 0 bridgehead atoms. The third-order valence-corrected chi connectivity index (χ3v) is 2.49. The highest BCUT2D eigenvalue weighted by molar-refractivity contribution is 5.67. The summed E-state index contributed by atoms with van der Waals surface area (Å²) >= 11 is 0. The third kappa shape index (κ3) is 2.62. The van der Waals surface area contributed by atoms with Gasteiger partial charge in [0.2, 0.25) is 0 Å². The predicted molar refractivity (Wildman–Crippen MR) is 57.4 cm³/mol. The summed E-state index contributed by atoms with van der Waals surface area (Å²) in [4.78, 5) is 10.8. The Labute approximate surface area is 88.4 Å². The predicted octanol–water partition coefficient (Wildman–Crippen LogP) is 1.17. The zero-order chi connectivity index (χ0) is 10.7. The Morgan fingerprint density at radius 3 is 2.73 bits per heavy atom. The number of hydrogen-bond acceptors (Lipinski definition) is 3. The van der Waals surface area contributed by atoms with Crippen LogP contribution in [0.1, 0.15) is 5.56 Å². The van der Waals surface area contributed by atoms with Crippen LogP contribution in [0.25, 0.3) is 0 Å². The lowest BCUT2D eigenvalue weighted by atomic mass is 9.99. The first-order valence-electron chi connectivity index (χ1n) is 4.99. The molecule has 0 radical (unpaired) electrons. The average molecular weight is 206 g/mol. The average Bonchev–Trinajstić information content (AvgIpc) is 2.25. The lowest BCUT2D eigenvalue weighted by molar-refractivity contribution is 0.103. The molecule has 1 saturated heterocycles. The molecule has 3 N–H and O–H groups in total. The second-order valence-electron chi connectivity index (χ2n) is 3.79. The summed E-state index contributed by atoms with van der Waals surface area (Å²) in [6.45, 7) is 1.18. The molecule has 1 aliphatic rings. The summed E-state index contributed by atoms with van der Waals surface area (Å²) in [6, 6.07) is 7.78. The number of carbonyl (C=O) groups excluding carboxylic acids is 1. The van der Waals surface area contributed by atoms with E-state index in [0.29, 0.717) is 19.1 Å². The van der Waals surface area contributed by atoms with Crippen LogP contribution in [0, 0.1) is 5.92 Å². The third-order valence-electron chi connectivity index (χ3n) is 2.49. The van der Waals surface area contributed by atoms with Gasteiger partial charge in [0.15, 0.2) is 0 Å². The molecule has 1 aromatic rings. The van der Waals surface area contributed by atoms with E-state index in [-0.39, 0.29) is 6.09 Å². The van der Waals surface area contributed by atoms with E-state index in [1.54, 1.807) is 0 Å². The second kappa shape index (κ2) is 4.21. The number of amides is 1. The van der Waals surface area contributed by atoms with Gasteiger partial charge < -0.3 is 15.8 Å². The van der Waals surface area contributed by atoms with E-state index in [4.69, 9.17) is 10.5 Å². The number of anilines is 1. The van der Waals surface area contributed by atoms with Gasteiger partial charge in [0, 0.05) is 18.2 Å². The molecule has 1 fully saturated rings. The number of carbonyl (C=O) groups is 1. The topological polar surface area (TPSA) is 64.3 Å². The van der Waals surface area contributed by atoms with E-state index in [1.807, 2.05) is 24.3 Å². The normalized spacial score (nSPS) is 20.5. The number of benzene rings is 1. The summed E-state index contributed by atoms with van der Waals surface area (Å²) < 4.78 is 4.91. The zero-order valence-corrected chi connectivity index (χ0v) is 8.40. The maximum absolute atomic E-state index is 10.8. The number of nitrogens with two attached hydrogens (primary N) is 1. The molecular formula is C11H14N2O2. The highest BCUT2D eigenvalue weighted by Gasteiger charge is 2.18. The monoisotopic (exact) mass is 206 g/mol. The Hall–Kier alpha value is -1.71. The van der Waals surface area contributed by atoms with Crippen molar-refractivity contribution in [2.24, 2.45) is 5.92 Å². The van der Waals surface area contributed by atoms with Crippen LogP contribution in [0.3, 0.4) is 0 Å². The number of hydrogen-bond donors (Lipinski definition) is 2. The number of rotatable bonds is 2. The molecule has 0 aromatic heterocycles. The van der Waals surface area contributed by atoms with Crippen LogP contribution in [-0.2, 0) is 11.2 Å². The summed E-state index contributed by atoms with van der Waals surface area (Å²) in [5, 5.41) is 2.68. The van der Waals surface area contributed by atoms with Crippen molar-refractivity contribution < 1.29 is 9.53 Å². The van der Waals surface area contributed by atoms with Gasteiger partial charge in [0.1, 0.15) is 0 Å². The Morgan fingerprint density at radius 2 is 2.13 bits per heavy atom. The lowest BCUT2D eigenvalue weighted by Crippen LogP contribution is -2.39. The van der Waals surface area contributed by atoms with Crippen LogP contribution in [-0.4, -0.2) is 19.2 Å². The van der Waals surface area contributed by atoms with Gasteiger partial charge in [-0.2, -0.15) is 0 Å².